The van der Waals surface area contributed by atoms with Gasteiger partial charge in [0, 0.05) is 28.8 Å². The van der Waals surface area contributed by atoms with Gasteiger partial charge in [-0.1, -0.05) is 215 Å². The molecule has 0 aromatic heterocycles. The molecule has 0 spiro atoms. The molecule has 2 aliphatic carbocycles. The van der Waals surface area contributed by atoms with Crippen LogP contribution in [0.15, 0.2) is 224 Å². The molecule has 8 aromatic carbocycles. The van der Waals surface area contributed by atoms with Gasteiger partial charge in [-0.05, 0) is 85.0 Å². The second kappa shape index (κ2) is 14.4. The summed E-state index contributed by atoms with van der Waals surface area (Å²) in [5.74, 6) is 0.340. The molecule has 0 aliphatic heterocycles. The zero-order valence-corrected chi connectivity index (χ0v) is 33.4. The quantitative estimate of drug-likeness (QED) is 0.157. The summed E-state index contributed by atoms with van der Waals surface area (Å²) in [6, 6.07) is 74.0. The van der Waals surface area contributed by atoms with Gasteiger partial charge in [-0.2, -0.15) is 0 Å². The van der Waals surface area contributed by atoms with E-state index in [9.17, 15) is 0 Å². The Bertz CT molecular complexity index is 2750. The highest BCUT2D eigenvalue weighted by molar-refractivity contribution is 6.05. The van der Waals surface area contributed by atoms with E-state index in [1.807, 2.05) is 0 Å². The van der Waals surface area contributed by atoms with Crippen LogP contribution in [0.4, 0.5) is 11.4 Å². The van der Waals surface area contributed by atoms with Crippen molar-refractivity contribution in [1.29, 1.82) is 0 Å². The van der Waals surface area contributed by atoms with E-state index in [2.05, 4.69) is 244 Å². The van der Waals surface area contributed by atoms with Gasteiger partial charge in [0.15, 0.2) is 0 Å². The van der Waals surface area contributed by atoms with E-state index in [0.717, 1.165) is 11.4 Å². The van der Waals surface area contributed by atoms with Crippen molar-refractivity contribution in [3.63, 3.8) is 0 Å². The SMILES string of the molecule is CC(C)(C)c1ccc(N(C2=CC3c4ccccc4C(c4ccccc4)(c4ccccc4)C3C=C2)c2ccc3ccccc3c2-c2ccc(-c3ccccc3)cc2)cc1. The van der Waals surface area contributed by atoms with Crippen LogP contribution in [0, 0.1) is 5.92 Å². The molecule has 0 fully saturated rings. The maximum atomic E-state index is 2.56. The maximum Gasteiger partial charge on any atom is 0.0546 e. The Morgan fingerprint density at radius 1 is 0.500 bits per heavy atom. The molecule has 0 saturated heterocycles. The fourth-order valence-corrected chi connectivity index (χ4v) is 9.85. The van der Waals surface area contributed by atoms with Gasteiger partial charge in [0.05, 0.1) is 11.1 Å². The third kappa shape index (κ3) is 5.93. The zero-order chi connectivity index (χ0) is 39.3. The number of hydrogen-bond donors (Lipinski definition) is 0. The molecule has 2 aliphatic rings. The van der Waals surface area contributed by atoms with Crippen molar-refractivity contribution in [2.45, 2.75) is 37.5 Å². The smallest absolute Gasteiger partial charge is 0.0546 e. The number of hydrogen-bond acceptors (Lipinski definition) is 1. The van der Waals surface area contributed by atoms with Crippen LogP contribution in [-0.4, -0.2) is 0 Å². The highest BCUT2D eigenvalue weighted by Crippen LogP contribution is 2.60. The van der Waals surface area contributed by atoms with Crippen molar-refractivity contribution in [1.82, 2.24) is 0 Å². The Labute approximate surface area is 343 Å². The monoisotopic (exact) mass is 745 g/mol. The van der Waals surface area contributed by atoms with Gasteiger partial charge in [0.25, 0.3) is 0 Å². The van der Waals surface area contributed by atoms with Crippen LogP contribution >= 0.6 is 0 Å². The van der Waals surface area contributed by atoms with Crippen molar-refractivity contribution in [3.05, 3.63) is 252 Å². The number of allylic oxidation sites excluding steroid dienone is 3. The summed E-state index contributed by atoms with van der Waals surface area (Å²) in [7, 11) is 0. The van der Waals surface area contributed by atoms with Crippen molar-refractivity contribution in [3.8, 4) is 22.3 Å². The minimum absolute atomic E-state index is 0.0426. The molecule has 1 heteroatoms. The summed E-state index contributed by atoms with van der Waals surface area (Å²) in [6.45, 7) is 6.86. The fraction of sp³-hybridized carbons (Fsp3) is 0.123. The van der Waals surface area contributed by atoms with Crippen molar-refractivity contribution >= 4 is 22.1 Å². The lowest BCUT2D eigenvalue weighted by atomic mass is 9.63. The lowest BCUT2D eigenvalue weighted by Gasteiger charge is -2.40. The van der Waals surface area contributed by atoms with Crippen LogP contribution in [0.25, 0.3) is 33.0 Å². The van der Waals surface area contributed by atoms with Crippen LogP contribution in [0.5, 0.6) is 0 Å². The van der Waals surface area contributed by atoms with Crippen LogP contribution in [0.3, 0.4) is 0 Å². The lowest BCUT2D eigenvalue weighted by molar-refractivity contribution is 0.455. The topological polar surface area (TPSA) is 3.24 Å². The number of nitrogens with zero attached hydrogens (tertiary/aromatic N) is 1. The minimum Gasteiger partial charge on any atom is -0.310 e. The summed E-state index contributed by atoms with van der Waals surface area (Å²) in [5.41, 5.74) is 14.8. The molecule has 10 rings (SSSR count). The Morgan fingerprint density at radius 3 is 1.74 bits per heavy atom. The molecule has 0 saturated carbocycles. The molecule has 2 unspecified atom stereocenters. The number of fused-ring (bicyclic) bond motifs is 4. The summed E-state index contributed by atoms with van der Waals surface area (Å²) in [5, 5.41) is 2.46. The Morgan fingerprint density at radius 2 is 1.07 bits per heavy atom. The second-order valence-corrected chi connectivity index (χ2v) is 16.9. The van der Waals surface area contributed by atoms with Gasteiger partial charge in [-0.15, -0.1) is 0 Å². The average Bonchev–Trinajstić information content (AvgIpc) is 3.58. The van der Waals surface area contributed by atoms with Gasteiger partial charge in [-0.25, -0.2) is 0 Å². The van der Waals surface area contributed by atoms with Gasteiger partial charge in [0.2, 0.25) is 0 Å². The molecule has 0 heterocycles. The van der Waals surface area contributed by atoms with E-state index >= 15 is 0 Å². The first-order chi connectivity index (χ1) is 28.4. The van der Waals surface area contributed by atoms with E-state index in [1.54, 1.807) is 0 Å². The Hall–Kier alpha value is -6.70. The molecule has 1 nitrogen and oxygen atoms in total. The first kappa shape index (κ1) is 35.7. The zero-order valence-electron chi connectivity index (χ0n) is 33.4. The second-order valence-electron chi connectivity index (χ2n) is 16.9. The van der Waals surface area contributed by atoms with E-state index in [0.29, 0.717) is 0 Å². The third-order valence-electron chi connectivity index (χ3n) is 12.6. The van der Waals surface area contributed by atoms with Gasteiger partial charge in [-0.3, -0.25) is 0 Å². The predicted molar refractivity (Wildman–Crippen MR) is 245 cm³/mol. The minimum atomic E-state index is -0.337. The highest BCUT2D eigenvalue weighted by Gasteiger charge is 2.53. The normalized spacial score (nSPS) is 16.7. The van der Waals surface area contributed by atoms with Gasteiger partial charge in [0.1, 0.15) is 0 Å². The Balaban J connectivity index is 1.19. The number of benzene rings is 8. The van der Waals surface area contributed by atoms with E-state index in [1.165, 1.54) is 66.5 Å². The maximum absolute atomic E-state index is 2.56. The van der Waals surface area contributed by atoms with E-state index < -0.39 is 0 Å². The molecule has 0 bridgehead atoms. The van der Waals surface area contributed by atoms with Crippen LogP contribution in [0.1, 0.15) is 54.5 Å². The first-order valence-corrected chi connectivity index (χ1v) is 20.6. The molecule has 58 heavy (non-hydrogen) atoms. The molecular weight excluding hydrogens is 699 g/mol. The van der Waals surface area contributed by atoms with Gasteiger partial charge >= 0.3 is 0 Å². The number of rotatable bonds is 7. The van der Waals surface area contributed by atoms with E-state index in [4.69, 9.17) is 0 Å². The highest BCUT2D eigenvalue weighted by atomic mass is 15.2. The molecular formula is C57H47N. The summed E-state index contributed by atoms with van der Waals surface area (Å²) < 4.78 is 0. The molecule has 8 aromatic rings. The first-order valence-electron chi connectivity index (χ1n) is 20.6. The van der Waals surface area contributed by atoms with Gasteiger partial charge < -0.3 is 4.90 Å². The summed E-state index contributed by atoms with van der Waals surface area (Å²) >= 11 is 0. The molecule has 280 valence electrons. The van der Waals surface area contributed by atoms with Crippen LogP contribution in [0.2, 0.25) is 0 Å². The van der Waals surface area contributed by atoms with Crippen LogP contribution < -0.4 is 4.90 Å². The van der Waals surface area contributed by atoms with Crippen molar-refractivity contribution in [2.75, 3.05) is 4.90 Å². The Kier molecular flexibility index (Phi) is 8.83. The third-order valence-corrected chi connectivity index (χ3v) is 12.6. The van der Waals surface area contributed by atoms with E-state index in [-0.39, 0.29) is 22.7 Å². The molecule has 0 amide bonds. The number of anilines is 2. The van der Waals surface area contributed by atoms with Crippen molar-refractivity contribution < 1.29 is 0 Å². The summed E-state index contributed by atoms with van der Waals surface area (Å²) in [4.78, 5) is 2.51. The fourth-order valence-electron chi connectivity index (χ4n) is 9.85. The average molecular weight is 746 g/mol. The molecule has 0 radical (unpaired) electrons. The van der Waals surface area contributed by atoms with Crippen molar-refractivity contribution in [2.24, 2.45) is 5.92 Å². The standard InChI is InChI=1S/C57H47N/c1-56(2,3)44-32-34-47(35-33-44)58(54-38-31-42-19-13-14-24-49(42)55(54)43-29-27-41(28-30-43)40-17-7-4-8-18-40)48-36-37-53-51(39-48)50-25-15-16-26-52(50)57(53,45-20-9-5-10-21-45)46-22-11-6-12-23-46/h4-39,51,53H,1-3H3. The lowest BCUT2D eigenvalue weighted by Crippen LogP contribution is -2.35. The predicted octanol–water partition coefficient (Wildman–Crippen LogP) is 14.8. The molecule has 0 N–H and O–H groups in total. The summed E-state index contributed by atoms with van der Waals surface area (Å²) in [6.07, 6.45) is 7.49. The van der Waals surface area contributed by atoms with Crippen LogP contribution in [-0.2, 0) is 10.8 Å². The largest absolute Gasteiger partial charge is 0.310 e. The molecule has 2 atom stereocenters.